The van der Waals surface area contributed by atoms with Crippen LogP contribution in [0.15, 0.2) is 18.9 Å². The molecule has 20 heavy (non-hydrogen) atoms. The molecule has 0 spiro atoms. The van der Waals surface area contributed by atoms with E-state index >= 15 is 0 Å². The number of carbonyl (C=O) groups is 1. The lowest BCUT2D eigenvalue weighted by Gasteiger charge is -2.24. The fraction of sp³-hybridized carbons (Fsp3) is 0.571. The van der Waals surface area contributed by atoms with E-state index in [1.54, 1.807) is 6.08 Å². The molecule has 1 unspecified atom stereocenters. The molecule has 0 saturated carbocycles. The molecule has 1 aliphatic carbocycles. The Bertz CT molecular complexity index is 470. The van der Waals surface area contributed by atoms with Gasteiger partial charge in [0.25, 0.3) is 0 Å². The van der Waals surface area contributed by atoms with Crippen LogP contribution in [-0.4, -0.2) is 40.5 Å². The number of aromatic nitrogens is 2. The molecule has 1 aromatic heterocycles. The van der Waals surface area contributed by atoms with Crippen LogP contribution in [0.3, 0.4) is 0 Å². The van der Waals surface area contributed by atoms with Crippen molar-refractivity contribution in [3.05, 3.63) is 30.1 Å². The highest BCUT2D eigenvalue weighted by Crippen LogP contribution is 2.29. The lowest BCUT2D eigenvalue weighted by molar-refractivity contribution is -0.121. The summed E-state index contributed by atoms with van der Waals surface area (Å²) in [4.78, 5) is 11.9. The van der Waals surface area contributed by atoms with Gasteiger partial charge in [0.2, 0.25) is 5.91 Å². The molecule has 0 aliphatic heterocycles. The predicted molar refractivity (Wildman–Crippen MR) is 76.2 cm³/mol. The van der Waals surface area contributed by atoms with Crippen LogP contribution in [0.25, 0.3) is 0 Å². The summed E-state index contributed by atoms with van der Waals surface area (Å²) < 4.78 is 1.84. The summed E-state index contributed by atoms with van der Waals surface area (Å²) >= 11 is 0. The van der Waals surface area contributed by atoms with Crippen molar-refractivity contribution in [3.8, 4) is 0 Å². The van der Waals surface area contributed by atoms with Crippen molar-refractivity contribution in [1.29, 1.82) is 0 Å². The van der Waals surface area contributed by atoms with E-state index in [0.29, 0.717) is 19.6 Å². The van der Waals surface area contributed by atoms with Gasteiger partial charge in [-0.2, -0.15) is 5.10 Å². The Morgan fingerprint density at radius 2 is 2.50 bits per heavy atom. The van der Waals surface area contributed by atoms with Crippen molar-refractivity contribution in [3.63, 3.8) is 0 Å². The summed E-state index contributed by atoms with van der Waals surface area (Å²) in [7, 11) is 0. The van der Waals surface area contributed by atoms with Gasteiger partial charge in [0.15, 0.2) is 0 Å². The van der Waals surface area contributed by atoms with E-state index in [0.717, 1.165) is 30.5 Å². The first-order valence-corrected chi connectivity index (χ1v) is 7.02. The molecule has 0 aromatic carbocycles. The number of rotatable bonds is 7. The van der Waals surface area contributed by atoms with E-state index in [1.807, 2.05) is 10.9 Å². The van der Waals surface area contributed by atoms with Crippen molar-refractivity contribution in [1.82, 2.24) is 20.4 Å². The van der Waals surface area contributed by atoms with Crippen molar-refractivity contribution < 1.29 is 9.90 Å². The van der Waals surface area contributed by atoms with Crippen LogP contribution in [-0.2, 0) is 17.8 Å². The Morgan fingerprint density at radius 3 is 3.25 bits per heavy atom. The van der Waals surface area contributed by atoms with Crippen molar-refractivity contribution in [2.45, 2.75) is 31.8 Å². The molecular weight excluding hydrogens is 256 g/mol. The molecule has 3 N–H and O–H groups in total. The van der Waals surface area contributed by atoms with Crippen LogP contribution >= 0.6 is 0 Å². The van der Waals surface area contributed by atoms with Crippen LogP contribution in [0.5, 0.6) is 0 Å². The molecule has 1 amide bonds. The second-order valence-electron chi connectivity index (χ2n) is 4.93. The number of hydrogen-bond acceptors (Lipinski definition) is 4. The van der Waals surface area contributed by atoms with E-state index in [1.165, 1.54) is 0 Å². The maximum absolute atomic E-state index is 11.9. The van der Waals surface area contributed by atoms with Gasteiger partial charge >= 0.3 is 0 Å². The molecule has 1 aromatic rings. The maximum atomic E-state index is 11.9. The number of carbonyl (C=O) groups excluding carboxylic acids is 1. The molecule has 1 heterocycles. The van der Waals surface area contributed by atoms with Gasteiger partial charge in [-0.25, -0.2) is 0 Å². The number of nitrogens with one attached hydrogen (secondary N) is 2. The number of aliphatic hydroxyl groups is 1. The molecule has 6 nitrogen and oxygen atoms in total. The Hall–Kier alpha value is -1.66. The summed E-state index contributed by atoms with van der Waals surface area (Å²) in [5, 5.41) is 19.3. The summed E-state index contributed by atoms with van der Waals surface area (Å²) in [6.07, 6.45) is 6.45. The normalized spacial score (nSPS) is 17.6. The summed E-state index contributed by atoms with van der Waals surface area (Å²) in [6, 6.07) is 0.0317. The molecule has 0 saturated heterocycles. The van der Waals surface area contributed by atoms with Crippen LogP contribution < -0.4 is 10.6 Å². The molecular formula is C14H22N4O2. The Kier molecular flexibility index (Phi) is 5.31. The highest BCUT2D eigenvalue weighted by molar-refractivity contribution is 5.78. The van der Waals surface area contributed by atoms with E-state index in [-0.39, 0.29) is 18.6 Å². The van der Waals surface area contributed by atoms with E-state index < -0.39 is 0 Å². The topological polar surface area (TPSA) is 79.2 Å². The van der Waals surface area contributed by atoms with Gasteiger partial charge in [-0.15, -0.1) is 6.58 Å². The molecule has 2 rings (SSSR count). The van der Waals surface area contributed by atoms with Gasteiger partial charge in [0, 0.05) is 17.8 Å². The summed E-state index contributed by atoms with van der Waals surface area (Å²) in [5.74, 6) is -0.0143. The fourth-order valence-electron chi connectivity index (χ4n) is 2.59. The van der Waals surface area contributed by atoms with Gasteiger partial charge < -0.3 is 15.7 Å². The quantitative estimate of drug-likeness (QED) is 0.490. The zero-order chi connectivity index (χ0) is 14.4. The zero-order valence-corrected chi connectivity index (χ0v) is 11.6. The van der Waals surface area contributed by atoms with Gasteiger partial charge in [-0.05, 0) is 19.3 Å². The fourth-order valence-corrected chi connectivity index (χ4v) is 2.59. The van der Waals surface area contributed by atoms with Crippen LogP contribution in [0.2, 0.25) is 0 Å². The first kappa shape index (κ1) is 14.7. The second kappa shape index (κ2) is 7.21. The maximum Gasteiger partial charge on any atom is 0.234 e. The van der Waals surface area contributed by atoms with Crippen molar-refractivity contribution in [2.24, 2.45) is 0 Å². The SMILES string of the molecule is C=CCNCC(=O)NC1CCCc2c1cnn2CCO. The van der Waals surface area contributed by atoms with Crippen molar-refractivity contribution in [2.75, 3.05) is 19.7 Å². The Morgan fingerprint density at radius 1 is 1.65 bits per heavy atom. The highest BCUT2D eigenvalue weighted by Gasteiger charge is 2.25. The van der Waals surface area contributed by atoms with Gasteiger partial charge in [0.05, 0.1) is 31.9 Å². The van der Waals surface area contributed by atoms with Crippen LogP contribution in [0.1, 0.15) is 30.1 Å². The van der Waals surface area contributed by atoms with Gasteiger partial charge in [0.1, 0.15) is 0 Å². The molecule has 1 aliphatic rings. The third-order valence-electron chi connectivity index (χ3n) is 3.48. The first-order chi connectivity index (χ1) is 9.76. The molecule has 110 valence electrons. The van der Waals surface area contributed by atoms with Crippen LogP contribution in [0.4, 0.5) is 0 Å². The minimum atomic E-state index is -0.0143. The van der Waals surface area contributed by atoms with Crippen LogP contribution in [0, 0.1) is 0 Å². The number of hydrogen-bond donors (Lipinski definition) is 3. The third kappa shape index (κ3) is 3.46. The number of nitrogens with zero attached hydrogens (tertiary/aromatic N) is 2. The smallest absolute Gasteiger partial charge is 0.234 e. The molecule has 6 heteroatoms. The first-order valence-electron chi connectivity index (χ1n) is 7.02. The molecule has 0 radical (unpaired) electrons. The molecule has 0 bridgehead atoms. The largest absolute Gasteiger partial charge is 0.394 e. The summed E-state index contributed by atoms with van der Waals surface area (Å²) in [5.41, 5.74) is 2.22. The molecule has 0 fully saturated rings. The van der Waals surface area contributed by atoms with Crippen molar-refractivity contribution >= 4 is 5.91 Å². The molecule has 1 atom stereocenters. The van der Waals surface area contributed by atoms with E-state index in [9.17, 15) is 4.79 Å². The van der Waals surface area contributed by atoms with Gasteiger partial charge in [-0.1, -0.05) is 6.08 Å². The Labute approximate surface area is 118 Å². The average molecular weight is 278 g/mol. The number of aliphatic hydroxyl groups excluding tert-OH is 1. The van der Waals surface area contributed by atoms with E-state index in [4.69, 9.17) is 5.11 Å². The minimum Gasteiger partial charge on any atom is -0.394 e. The minimum absolute atomic E-state index is 0.0143. The average Bonchev–Trinajstić information content (AvgIpc) is 2.84. The Balaban J connectivity index is 1.98. The lowest BCUT2D eigenvalue weighted by atomic mass is 9.93. The third-order valence-corrected chi connectivity index (χ3v) is 3.48. The van der Waals surface area contributed by atoms with Gasteiger partial charge in [-0.3, -0.25) is 9.48 Å². The van der Waals surface area contributed by atoms with E-state index in [2.05, 4.69) is 22.3 Å². The highest BCUT2D eigenvalue weighted by atomic mass is 16.3. The standard InChI is InChI=1S/C14H22N4O2/c1-2-6-15-10-14(20)17-12-4-3-5-13-11(12)9-16-18(13)7-8-19/h2,9,12,15,19H,1,3-8,10H2,(H,17,20). The number of amides is 1. The second-order valence-corrected chi connectivity index (χ2v) is 4.93. The zero-order valence-electron chi connectivity index (χ0n) is 11.6. The monoisotopic (exact) mass is 278 g/mol. The number of fused-ring (bicyclic) bond motifs is 1. The summed E-state index contributed by atoms with van der Waals surface area (Å²) in [6.45, 7) is 5.11. The predicted octanol–water partition coefficient (Wildman–Crippen LogP) is 0.145. The lowest BCUT2D eigenvalue weighted by Crippen LogP contribution is -2.37.